The van der Waals surface area contributed by atoms with Gasteiger partial charge in [-0.15, -0.1) is 0 Å². The van der Waals surface area contributed by atoms with Crippen molar-refractivity contribution in [2.24, 2.45) is 0 Å². The van der Waals surface area contributed by atoms with Gasteiger partial charge in [0.15, 0.2) is 0 Å². The molecule has 2 saturated heterocycles. The highest BCUT2D eigenvalue weighted by molar-refractivity contribution is 4.90. The topological polar surface area (TPSA) is 24.9 Å². The van der Waals surface area contributed by atoms with Crippen LogP contribution in [-0.4, -0.2) is 68.1 Å². The maximum Gasteiger partial charge on any atom is 0.0735 e. The van der Waals surface area contributed by atoms with Crippen LogP contribution in [0.2, 0.25) is 0 Å². The number of ether oxygens (including phenoxy) is 2. The molecule has 0 amide bonds. The van der Waals surface area contributed by atoms with Crippen LogP contribution in [0.25, 0.3) is 0 Å². The van der Waals surface area contributed by atoms with E-state index in [1.807, 2.05) is 0 Å². The Labute approximate surface area is 105 Å². The Morgan fingerprint density at radius 2 is 1.12 bits per heavy atom. The van der Waals surface area contributed by atoms with Crippen molar-refractivity contribution in [1.82, 2.24) is 9.80 Å². The summed E-state index contributed by atoms with van der Waals surface area (Å²) in [6.45, 7) is 12.4. The standard InChI is InChI=1S/C13H26N2O2/c1-3-13(4-2,14-5-9-16-10-6-14)15-7-11-17-12-8-15/h3-12H2,1-2H3. The van der Waals surface area contributed by atoms with Crippen molar-refractivity contribution in [2.75, 3.05) is 52.6 Å². The summed E-state index contributed by atoms with van der Waals surface area (Å²) in [4.78, 5) is 5.25. The first kappa shape index (κ1) is 13.3. The molecule has 100 valence electrons. The summed E-state index contributed by atoms with van der Waals surface area (Å²) in [7, 11) is 0. The number of hydrogen-bond donors (Lipinski definition) is 0. The maximum atomic E-state index is 5.49. The Morgan fingerprint density at radius 1 is 0.765 bits per heavy atom. The maximum absolute atomic E-state index is 5.49. The van der Waals surface area contributed by atoms with Crippen molar-refractivity contribution >= 4 is 0 Å². The molecule has 0 aliphatic carbocycles. The molecule has 17 heavy (non-hydrogen) atoms. The van der Waals surface area contributed by atoms with Crippen molar-refractivity contribution in [3.05, 3.63) is 0 Å². The van der Waals surface area contributed by atoms with E-state index in [2.05, 4.69) is 23.6 Å². The van der Waals surface area contributed by atoms with Crippen molar-refractivity contribution in [2.45, 2.75) is 32.4 Å². The van der Waals surface area contributed by atoms with Gasteiger partial charge in [-0.1, -0.05) is 13.8 Å². The fourth-order valence-electron chi connectivity index (χ4n) is 3.30. The van der Waals surface area contributed by atoms with Crippen LogP contribution >= 0.6 is 0 Å². The molecule has 0 atom stereocenters. The molecule has 2 heterocycles. The lowest BCUT2D eigenvalue weighted by Gasteiger charge is -2.52. The van der Waals surface area contributed by atoms with E-state index < -0.39 is 0 Å². The molecule has 0 N–H and O–H groups in total. The second-order valence-electron chi connectivity index (χ2n) is 4.89. The Kier molecular flexibility index (Phi) is 4.79. The number of hydrogen-bond acceptors (Lipinski definition) is 4. The summed E-state index contributed by atoms with van der Waals surface area (Å²) in [5.74, 6) is 0. The molecular formula is C13H26N2O2. The van der Waals surface area contributed by atoms with E-state index in [1.165, 1.54) is 12.8 Å². The molecule has 0 saturated carbocycles. The molecule has 4 heteroatoms. The Morgan fingerprint density at radius 3 is 1.41 bits per heavy atom. The molecule has 0 bridgehead atoms. The van der Waals surface area contributed by atoms with Crippen LogP contribution < -0.4 is 0 Å². The van der Waals surface area contributed by atoms with Gasteiger partial charge in [0, 0.05) is 26.2 Å². The van der Waals surface area contributed by atoms with Crippen molar-refractivity contribution in [3.63, 3.8) is 0 Å². The predicted molar refractivity (Wildman–Crippen MR) is 68.1 cm³/mol. The molecule has 0 aromatic rings. The van der Waals surface area contributed by atoms with Gasteiger partial charge in [-0.2, -0.15) is 0 Å². The zero-order valence-corrected chi connectivity index (χ0v) is 11.3. The molecule has 0 aromatic carbocycles. The highest BCUT2D eigenvalue weighted by Gasteiger charge is 2.40. The Hall–Kier alpha value is -0.160. The molecule has 0 radical (unpaired) electrons. The quantitative estimate of drug-likeness (QED) is 0.739. The van der Waals surface area contributed by atoms with Crippen LogP contribution in [0.5, 0.6) is 0 Å². The van der Waals surface area contributed by atoms with Gasteiger partial charge in [0.25, 0.3) is 0 Å². The smallest absolute Gasteiger partial charge is 0.0735 e. The molecule has 0 aromatic heterocycles. The third kappa shape index (κ3) is 2.65. The number of nitrogens with zero attached hydrogens (tertiary/aromatic N) is 2. The van der Waals surface area contributed by atoms with Crippen LogP contribution in [0.15, 0.2) is 0 Å². The summed E-state index contributed by atoms with van der Waals surface area (Å²) in [6, 6.07) is 0. The van der Waals surface area contributed by atoms with Crippen molar-refractivity contribution in [1.29, 1.82) is 0 Å². The normalized spacial score (nSPS) is 25.1. The second kappa shape index (κ2) is 6.14. The van der Waals surface area contributed by atoms with E-state index in [9.17, 15) is 0 Å². The molecule has 0 unspecified atom stereocenters. The first-order chi connectivity index (χ1) is 8.33. The van der Waals surface area contributed by atoms with E-state index in [0.29, 0.717) is 0 Å². The lowest BCUT2D eigenvalue weighted by atomic mass is 9.97. The third-order valence-corrected chi connectivity index (χ3v) is 4.33. The first-order valence-corrected chi connectivity index (χ1v) is 6.99. The third-order valence-electron chi connectivity index (χ3n) is 4.33. The first-order valence-electron chi connectivity index (χ1n) is 6.99. The van der Waals surface area contributed by atoms with E-state index in [1.54, 1.807) is 0 Å². The average Bonchev–Trinajstić information content (AvgIpc) is 2.43. The lowest BCUT2D eigenvalue weighted by Crippen LogP contribution is -2.64. The zero-order chi connectivity index (χ0) is 12.1. The average molecular weight is 242 g/mol. The summed E-state index contributed by atoms with van der Waals surface area (Å²) < 4.78 is 11.0. The molecule has 4 nitrogen and oxygen atoms in total. The van der Waals surface area contributed by atoms with Gasteiger partial charge in [0.05, 0.1) is 32.1 Å². The SMILES string of the molecule is CCC(CC)(N1CCOCC1)N1CCOCC1. The van der Waals surface area contributed by atoms with Gasteiger partial charge in [0.1, 0.15) is 0 Å². The molecule has 2 rings (SSSR count). The van der Waals surface area contributed by atoms with E-state index in [0.717, 1.165) is 52.6 Å². The highest BCUT2D eigenvalue weighted by atomic mass is 16.5. The van der Waals surface area contributed by atoms with Gasteiger partial charge in [-0.3, -0.25) is 9.80 Å². The summed E-state index contributed by atoms with van der Waals surface area (Å²) in [5, 5.41) is 0. The summed E-state index contributed by atoms with van der Waals surface area (Å²) in [5.41, 5.74) is 0.230. The Balaban J connectivity index is 2.10. The molecule has 2 aliphatic heterocycles. The van der Waals surface area contributed by atoms with Crippen LogP contribution in [-0.2, 0) is 9.47 Å². The van der Waals surface area contributed by atoms with Crippen LogP contribution in [0.1, 0.15) is 26.7 Å². The summed E-state index contributed by atoms with van der Waals surface area (Å²) >= 11 is 0. The van der Waals surface area contributed by atoms with Crippen molar-refractivity contribution in [3.8, 4) is 0 Å². The minimum absolute atomic E-state index is 0.230. The molecule has 0 spiro atoms. The molecule has 2 aliphatic rings. The van der Waals surface area contributed by atoms with Crippen LogP contribution in [0, 0.1) is 0 Å². The van der Waals surface area contributed by atoms with E-state index >= 15 is 0 Å². The van der Waals surface area contributed by atoms with Crippen molar-refractivity contribution < 1.29 is 9.47 Å². The van der Waals surface area contributed by atoms with Crippen LogP contribution in [0.3, 0.4) is 0 Å². The highest BCUT2D eigenvalue weighted by Crippen LogP contribution is 2.30. The number of rotatable bonds is 4. The van der Waals surface area contributed by atoms with Gasteiger partial charge in [-0.05, 0) is 12.8 Å². The fourth-order valence-corrected chi connectivity index (χ4v) is 3.30. The van der Waals surface area contributed by atoms with Crippen LogP contribution in [0.4, 0.5) is 0 Å². The van der Waals surface area contributed by atoms with Gasteiger partial charge < -0.3 is 9.47 Å². The number of morpholine rings is 2. The summed E-state index contributed by atoms with van der Waals surface area (Å²) in [6.07, 6.45) is 2.37. The monoisotopic (exact) mass is 242 g/mol. The zero-order valence-electron chi connectivity index (χ0n) is 11.3. The van der Waals surface area contributed by atoms with Gasteiger partial charge in [0.2, 0.25) is 0 Å². The van der Waals surface area contributed by atoms with Gasteiger partial charge in [-0.25, -0.2) is 0 Å². The minimum atomic E-state index is 0.230. The minimum Gasteiger partial charge on any atom is -0.379 e. The van der Waals surface area contributed by atoms with E-state index in [-0.39, 0.29) is 5.66 Å². The molecular weight excluding hydrogens is 216 g/mol. The van der Waals surface area contributed by atoms with E-state index in [4.69, 9.17) is 9.47 Å². The fraction of sp³-hybridized carbons (Fsp3) is 1.00. The predicted octanol–water partition coefficient (Wildman–Crippen LogP) is 1.17. The van der Waals surface area contributed by atoms with Gasteiger partial charge >= 0.3 is 0 Å². The molecule has 2 fully saturated rings. The lowest BCUT2D eigenvalue weighted by molar-refractivity contribution is -0.132. The second-order valence-corrected chi connectivity index (χ2v) is 4.89. The Bertz CT molecular complexity index is 199. The largest absolute Gasteiger partial charge is 0.379 e.